The summed E-state index contributed by atoms with van der Waals surface area (Å²) in [6.45, 7) is -0.538. The number of H-pyrrole nitrogens is 1. The van der Waals surface area contributed by atoms with E-state index >= 15 is 0 Å². The van der Waals surface area contributed by atoms with Crippen molar-refractivity contribution in [1.29, 1.82) is 0 Å². The number of carbonyl (C=O) groups is 1. The van der Waals surface area contributed by atoms with E-state index in [2.05, 4.69) is 25.6 Å². The van der Waals surface area contributed by atoms with E-state index in [0.717, 1.165) is 23.4 Å². The smallest absolute Gasteiger partial charge is 0.310 e. The Balaban J connectivity index is 1.69. The van der Waals surface area contributed by atoms with Crippen LogP contribution in [0.4, 0.5) is 14.6 Å². The Hall–Kier alpha value is -3.57. The van der Waals surface area contributed by atoms with Crippen molar-refractivity contribution in [2.45, 2.75) is 25.4 Å². The third-order valence-electron chi connectivity index (χ3n) is 4.69. The number of benzene rings is 1. The van der Waals surface area contributed by atoms with Crippen molar-refractivity contribution in [3.8, 4) is 5.75 Å². The number of pyridine rings is 1. The average molecular weight is 479 g/mol. The molecule has 6 N–H and O–H groups in total. The van der Waals surface area contributed by atoms with Crippen LogP contribution in [-0.4, -0.2) is 32.5 Å². The lowest BCUT2D eigenvalue weighted by atomic mass is 10.1. The monoisotopic (exact) mass is 478 g/mol. The van der Waals surface area contributed by atoms with Gasteiger partial charge in [0.2, 0.25) is 5.91 Å². The van der Waals surface area contributed by atoms with Gasteiger partial charge in [-0.15, -0.1) is 0 Å². The van der Waals surface area contributed by atoms with Gasteiger partial charge in [0, 0.05) is 19.3 Å². The SMILES string of the molecule is NCc1ccccc1CNC(=O)Cc1nc(NCC(F)(F)c2ncccc2O)c(=O)[nH]c1Cl. The first-order valence-corrected chi connectivity index (χ1v) is 10.2. The van der Waals surface area contributed by atoms with E-state index in [4.69, 9.17) is 17.3 Å². The minimum absolute atomic E-state index is 0.00706. The lowest BCUT2D eigenvalue weighted by Gasteiger charge is -2.17. The quantitative estimate of drug-likeness (QED) is 0.316. The number of nitrogens with one attached hydrogen (secondary N) is 3. The number of carbonyl (C=O) groups excluding carboxylic acids is 1. The number of amides is 1. The molecule has 0 unspecified atom stereocenters. The van der Waals surface area contributed by atoms with Crippen molar-refractivity contribution in [3.05, 3.63) is 80.6 Å². The van der Waals surface area contributed by atoms with Gasteiger partial charge in [-0.2, -0.15) is 8.78 Å². The van der Waals surface area contributed by atoms with Crippen LogP contribution in [0, 0.1) is 0 Å². The fraction of sp³-hybridized carbons (Fsp3) is 0.238. The third-order valence-corrected chi connectivity index (χ3v) is 5.00. The van der Waals surface area contributed by atoms with E-state index in [1.807, 2.05) is 24.3 Å². The molecule has 0 radical (unpaired) electrons. The van der Waals surface area contributed by atoms with E-state index in [9.17, 15) is 23.5 Å². The molecule has 3 rings (SSSR count). The molecule has 0 bridgehead atoms. The average Bonchev–Trinajstić information content (AvgIpc) is 2.79. The summed E-state index contributed by atoms with van der Waals surface area (Å²) < 4.78 is 28.8. The summed E-state index contributed by atoms with van der Waals surface area (Å²) >= 11 is 5.98. The summed E-state index contributed by atoms with van der Waals surface area (Å²) in [5.74, 6) is -5.19. The number of nitrogens with zero attached hydrogens (tertiary/aromatic N) is 2. The maximum absolute atomic E-state index is 14.4. The number of rotatable bonds is 9. The van der Waals surface area contributed by atoms with Gasteiger partial charge in [-0.3, -0.25) is 14.6 Å². The van der Waals surface area contributed by atoms with Crippen LogP contribution < -0.4 is 21.9 Å². The molecule has 1 aromatic carbocycles. The van der Waals surface area contributed by atoms with Gasteiger partial charge < -0.3 is 26.5 Å². The standard InChI is InChI=1S/C21H21ClF2N6O3/c22-18-14(8-16(32)27-10-13-5-2-1-4-12(13)9-25)29-19(20(33)30-18)28-11-21(23,24)17-15(31)6-3-7-26-17/h1-7,31H,8-11,25H2,(H,27,32)(H,28,29)(H,30,33). The number of aromatic amines is 1. The van der Waals surface area contributed by atoms with Crippen LogP contribution in [-0.2, 0) is 30.2 Å². The Bertz CT molecular complexity index is 1200. The number of anilines is 1. The highest BCUT2D eigenvalue weighted by Crippen LogP contribution is 2.32. The van der Waals surface area contributed by atoms with Crippen LogP contribution >= 0.6 is 11.6 Å². The van der Waals surface area contributed by atoms with Gasteiger partial charge in [0.05, 0.1) is 18.7 Å². The summed E-state index contributed by atoms with van der Waals surface area (Å²) in [5.41, 5.74) is 5.71. The normalized spacial score (nSPS) is 11.3. The lowest BCUT2D eigenvalue weighted by Crippen LogP contribution is -2.30. The highest BCUT2D eigenvalue weighted by atomic mass is 35.5. The summed E-state index contributed by atoms with van der Waals surface area (Å²) in [7, 11) is 0. The number of aromatic hydroxyl groups is 1. The van der Waals surface area contributed by atoms with Crippen LogP contribution in [0.3, 0.4) is 0 Å². The predicted molar refractivity (Wildman–Crippen MR) is 118 cm³/mol. The molecule has 2 aromatic heterocycles. The molecule has 0 atom stereocenters. The minimum Gasteiger partial charge on any atom is -0.506 e. The van der Waals surface area contributed by atoms with Crippen LogP contribution in [0.1, 0.15) is 22.5 Å². The summed E-state index contributed by atoms with van der Waals surface area (Å²) in [6.07, 6.45) is 0.811. The van der Waals surface area contributed by atoms with E-state index < -0.39 is 41.2 Å². The number of alkyl halides is 2. The van der Waals surface area contributed by atoms with Crippen molar-refractivity contribution in [3.63, 3.8) is 0 Å². The second kappa shape index (κ2) is 10.4. The molecule has 9 nitrogen and oxygen atoms in total. The Morgan fingerprint density at radius 2 is 1.94 bits per heavy atom. The molecule has 0 fully saturated rings. The number of nitrogens with two attached hydrogens (primary N) is 1. The van der Waals surface area contributed by atoms with Gasteiger partial charge in [-0.1, -0.05) is 35.9 Å². The van der Waals surface area contributed by atoms with Crippen LogP contribution in [0.2, 0.25) is 5.15 Å². The predicted octanol–water partition coefficient (Wildman–Crippen LogP) is 2.05. The van der Waals surface area contributed by atoms with Crippen LogP contribution in [0.15, 0.2) is 47.4 Å². The van der Waals surface area contributed by atoms with Gasteiger partial charge in [0.1, 0.15) is 10.9 Å². The first-order chi connectivity index (χ1) is 15.7. The van der Waals surface area contributed by atoms with Crippen molar-refractivity contribution >= 4 is 23.3 Å². The minimum atomic E-state index is -3.60. The number of hydrogen-bond acceptors (Lipinski definition) is 7. The first-order valence-electron chi connectivity index (χ1n) is 9.79. The lowest BCUT2D eigenvalue weighted by molar-refractivity contribution is -0.120. The molecular formula is C21H21ClF2N6O3. The highest BCUT2D eigenvalue weighted by molar-refractivity contribution is 6.30. The third kappa shape index (κ3) is 6.02. The zero-order valence-electron chi connectivity index (χ0n) is 17.2. The Morgan fingerprint density at radius 3 is 2.64 bits per heavy atom. The maximum Gasteiger partial charge on any atom is 0.310 e. The molecule has 3 aromatic rings. The van der Waals surface area contributed by atoms with Gasteiger partial charge in [-0.25, -0.2) is 4.98 Å². The molecular weight excluding hydrogens is 458 g/mol. The summed E-state index contributed by atoms with van der Waals surface area (Å²) in [4.78, 5) is 34.1. The zero-order valence-corrected chi connectivity index (χ0v) is 18.0. The molecule has 0 spiro atoms. The van der Waals surface area contributed by atoms with Crippen LogP contribution in [0.5, 0.6) is 5.75 Å². The van der Waals surface area contributed by atoms with E-state index in [1.165, 1.54) is 6.07 Å². The topological polar surface area (TPSA) is 146 Å². The van der Waals surface area contributed by atoms with Gasteiger partial charge >= 0.3 is 5.92 Å². The molecule has 174 valence electrons. The van der Waals surface area contributed by atoms with Crippen molar-refractivity contribution in [2.75, 3.05) is 11.9 Å². The largest absolute Gasteiger partial charge is 0.506 e. The van der Waals surface area contributed by atoms with Crippen molar-refractivity contribution in [1.82, 2.24) is 20.3 Å². The molecule has 0 aliphatic heterocycles. The van der Waals surface area contributed by atoms with E-state index in [0.29, 0.717) is 6.54 Å². The second-order valence-corrected chi connectivity index (χ2v) is 7.41. The first kappa shape index (κ1) is 24.1. The van der Waals surface area contributed by atoms with E-state index in [1.54, 1.807) is 0 Å². The molecule has 1 amide bonds. The molecule has 0 aliphatic rings. The van der Waals surface area contributed by atoms with Gasteiger partial charge in [0.25, 0.3) is 5.56 Å². The molecule has 0 aliphatic carbocycles. The summed E-state index contributed by atoms with van der Waals surface area (Å²) in [5, 5.41) is 14.4. The van der Waals surface area contributed by atoms with Crippen molar-refractivity contribution < 1.29 is 18.7 Å². The summed E-state index contributed by atoms with van der Waals surface area (Å²) in [6, 6.07) is 9.71. The molecule has 12 heteroatoms. The fourth-order valence-electron chi connectivity index (χ4n) is 3.00. The van der Waals surface area contributed by atoms with E-state index in [-0.39, 0.29) is 23.8 Å². The van der Waals surface area contributed by atoms with Crippen molar-refractivity contribution in [2.24, 2.45) is 5.73 Å². The van der Waals surface area contributed by atoms with Gasteiger partial charge in [0.15, 0.2) is 11.5 Å². The second-order valence-electron chi connectivity index (χ2n) is 7.03. The Kier molecular flexibility index (Phi) is 7.56. The van der Waals surface area contributed by atoms with Gasteiger partial charge in [-0.05, 0) is 23.3 Å². The number of aromatic nitrogens is 3. The molecule has 0 saturated heterocycles. The molecule has 0 saturated carbocycles. The maximum atomic E-state index is 14.4. The zero-order chi connectivity index (χ0) is 24.0. The Labute approximate surface area is 192 Å². The number of halogens is 3. The van der Waals surface area contributed by atoms with Crippen LogP contribution in [0.25, 0.3) is 0 Å². The number of hydrogen-bond donors (Lipinski definition) is 5. The Morgan fingerprint density at radius 1 is 1.21 bits per heavy atom. The molecule has 2 heterocycles. The fourth-order valence-corrected chi connectivity index (χ4v) is 3.19. The molecule has 33 heavy (non-hydrogen) atoms. The highest BCUT2D eigenvalue weighted by Gasteiger charge is 2.36.